The van der Waals surface area contributed by atoms with E-state index in [-0.39, 0.29) is 13.2 Å². The zero-order valence-electron chi connectivity index (χ0n) is 13.4. The third-order valence-electron chi connectivity index (χ3n) is 3.52. The predicted octanol–water partition coefficient (Wildman–Crippen LogP) is 3.30. The van der Waals surface area contributed by atoms with Gasteiger partial charge in [0.15, 0.2) is 0 Å². The summed E-state index contributed by atoms with van der Waals surface area (Å²) in [6.07, 6.45) is -1.20. The molecule has 0 spiro atoms. The van der Waals surface area contributed by atoms with Crippen molar-refractivity contribution in [1.29, 1.82) is 0 Å². The summed E-state index contributed by atoms with van der Waals surface area (Å²) in [5.41, 5.74) is 1.68. The van der Waals surface area contributed by atoms with Gasteiger partial charge >= 0.3 is 0 Å². The van der Waals surface area contributed by atoms with Gasteiger partial charge in [-0.15, -0.1) is 0 Å². The predicted molar refractivity (Wildman–Crippen MR) is 89.8 cm³/mol. The molecule has 130 valence electrons. The van der Waals surface area contributed by atoms with Crippen LogP contribution in [0.2, 0.25) is 0 Å². The molecule has 0 fully saturated rings. The summed E-state index contributed by atoms with van der Waals surface area (Å²) in [6.45, 7) is 1.39. The van der Waals surface area contributed by atoms with Crippen molar-refractivity contribution in [3.8, 4) is 5.69 Å². The summed E-state index contributed by atoms with van der Waals surface area (Å²) >= 11 is 3.36. The number of hydrogen-bond acceptors (Lipinski definition) is 3. The normalized spacial score (nSPS) is 11.1. The van der Waals surface area contributed by atoms with Crippen LogP contribution >= 0.6 is 15.9 Å². The third-order valence-corrected chi connectivity index (χ3v) is 4.05. The average Bonchev–Trinajstić information content (AvgIpc) is 2.93. The molecule has 0 unspecified atom stereocenters. The van der Waals surface area contributed by atoms with Crippen LogP contribution in [0.5, 0.6) is 0 Å². The fraction of sp³-hybridized carbons (Fsp3) is 0.375. The van der Waals surface area contributed by atoms with E-state index in [9.17, 15) is 13.6 Å². The molecule has 0 radical (unpaired) electrons. The van der Waals surface area contributed by atoms with Crippen LogP contribution in [0.15, 0.2) is 34.9 Å². The summed E-state index contributed by atoms with van der Waals surface area (Å²) in [5.74, 6) is -0.479. The first-order valence-corrected chi connectivity index (χ1v) is 8.10. The quantitative estimate of drug-likeness (QED) is 0.714. The van der Waals surface area contributed by atoms with Gasteiger partial charge in [0.2, 0.25) is 0 Å². The highest BCUT2D eigenvalue weighted by molar-refractivity contribution is 9.10. The Bertz CT molecular complexity index is 689. The Hall–Kier alpha value is -1.80. The van der Waals surface area contributed by atoms with Crippen LogP contribution in [-0.2, 0) is 4.74 Å². The zero-order valence-corrected chi connectivity index (χ0v) is 15.0. The van der Waals surface area contributed by atoms with Crippen molar-refractivity contribution in [3.63, 3.8) is 0 Å². The van der Waals surface area contributed by atoms with Crippen LogP contribution in [0.25, 0.3) is 5.69 Å². The van der Waals surface area contributed by atoms with Crippen molar-refractivity contribution >= 4 is 21.8 Å². The van der Waals surface area contributed by atoms with Gasteiger partial charge in [-0.05, 0) is 31.2 Å². The second-order valence-electron chi connectivity index (χ2n) is 5.17. The number of rotatable bonds is 7. The number of ether oxygens (including phenoxy) is 1. The number of methoxy groups -OCH3 is 1. The van der Waals surface area contributed by atoms with Crippen molar-refractivity contribution in [1.82, 2.24) is 14.7 Å². The molecule has 0 saturated carbocycles. The minimum absolute atomic E-state index is 0.0998. The van der Waals surface area contributed by atoms with Gasteiger partial charge < -0.3 is 9.64 Å². The number of amides is 1. The van der Waals surface area contributed by atoms with E-state index in [0.29, 0.717) is 11.3 Å². The van der Waals surface area contributed by atoms with Gasteiger partial charge in [-0.2, -0.15) is 5.10 Å². The SMILES string of the molecule is COCCN(CC(F)F)C(=O)c1cnn(-c2ccc(Br)cc2)c1C. The summed E-state index contributed by atoms with van der Waals surface area (Å²) in [4.78, 5) is 13.7. The van der Waals surface area contributed by atoms with Crippen molar-refractivity contribution in [2.75, 3.05) is 26.8 Å². The topological polar surface area (TPSA) is 47.4 Å². The van der Waals surface area contributed by atoms with E-state index in [1.807, 2.05) is 24.3 Å². The second-order valence-corrected chi connectivity index (χ2v) is 6.08. The van der Waals surface area contributed by atoms with Crippen LogP contribution in [-0.4, -0.2) is 53.8 Å². The molecule has 0 N–H and O–H groups in total. The summed E-state index contributed by atoms with van der Waals surface area (Å²) in [5, 5.41) is 4.21. The molecule has 2 aromatic rings. The van der Waals surface area contributed by atoms with Gasteiger partial charge in [0.1, 0.15) is 0 Å². The van der Waals surface area contributed by atoms with Gasteiger partial charge in [0, 0.05) is 18.1 Å². The van der Waals surface area contributed by atoms with E-state index in [1.165, 1.54) is 13.3 Å². The van der Waals surface area contributed by atoms with Crippen molar-refractivity contribution in [2.45, 2.75) is 13.3 Å². The molecule has 0 aliphatic carbocycles. The summed E-state index contributed by atoms with van der Waals surface area (Å²) in [7, 11) is 1.46. The second kappa shape index (κ2) is 8.34. The summed E-state index contributed by atoms with van der Waals surface area (Å²) in [6, 6.07) is 7.42. The number of alkyl halides is 2. The first kappa shape index (κ1) is 18.5. The van der Waals surface area contributed by atoms with E-state index in [0.717, 1.165) is 15.1 Å². The minimum atomic E-state index is -2.60. The van der Waals surface area contributed by atoms with Crippen molar-refractivity contribution in [2.24, 2.45) is 0 Å². The first-order chi connectivity index (χ1) is 11.4. The van der Waals surface area contributed by atoms with Gasteiger partial charge in [-0.3, -0.25) is 4.79 Å². The van der Waals surface area contributed by atoms with E-state index < -0.39 is 18.9 Å². The van der Waals surface area contributed by atoms with Gasteiger partial charge in [0.25, 0.3) is 12.3 Å². The maximum absolute atomic E-state index is 12.7. The Morgan fingerprint density at radius 3 is 2.62 bits per heavy atom. The van der Waals surface area contributed by atoms with Crippen LogP contribution in [0.4, 0.5) is 8.78 Å². The fourth-order valence-electron chi connectivity index (χ4n) is 2.28. The van der Waals surface area contributed by atoms with E-state index in [1.54, 1.807) is 11.6 Å². The van der Waals surface area contributed by atoms with Crippen LogP contribution in [0.1, 0.15) is 16.1 Å². The van der Waals surface area contributed by atoms with E-state index in [4.69, 9.17) is 4.74 Å². The number of nitrogens with zero attached hydrogens (tertiary/aromatic N) is 3. The molecule has 0 bridgehead atoms. The molecular formula is C16H18BrF2N3O2. The number of carbonyl (C=O) groups is 1. The summed E-state index contributed by atoms with van der Waals surface area (Å²) < 4.78 is 32.9. The van der Waals surface area contributed by atoms with E-state index >= 15 is 0 Å². The largest absolute Gasteiger partial charge is 0.383 e. The Kier molecular flexibility index (Phi) is 6.44. The molecule has 0 saturated heterocycles. The highest BCUT2D eigenvalue weighted by Gasteiger charge is 2.23. The molecule has 1 aromatic heterocycles. The molecule has 24 heavy (non-hydrogen) atoms. The molecule has 2 rings (SSSR count). The maximum atomic E-state index is 12.7. The highest BCUT2D eigenvalue weighted by Crippen LogP contribution is 2.18. The molecular weight excluding hydrogens is 384 g/mol. The molecule has 0 aliphatic rings. The molecule has 1 amide bonds. The lowest BCUT2D eigenvalue weighted by molar-refractivity contribution is 0.0477. The average molecular weight is 402 g/mol. The van der Waals surface area contributed by atoms with Crippen LogP contribution in [0.3, 0.4) is 0 Å². The number of benzene rings is 1. The number of halogens is 3. The van der Waals surface area contributed by atoms with Crippen molar-refractivity contribution in [3.05, 3.63) is 46.2 Å². The molecule has 8 heteroatoms. The number of hydrogen-bond donors (Lipinski definition) is 0. The molecule has 5 nitrogen and oxygen atoms in total. The Morgan fingerprint density at radius 2 is 2.04 bits per heavy atom. The smallest absolute Gasteiger partial charge is 0.257 e. The first-order valence-electron chi connectivity index (χ1n) is 7.31. The lowest BCUT2D eigenvalue weighted by Crippen LogP contribution is -2.37. The van der Waals surface area contributed by atoms with Crippen LogP contribution in [0, 0.1) is 6.92 Å². The Labute approximate surface area is 147 Å². The van der Waals surface area contributed by atoms with Gasteiger partial charge in [0.05, 0.1) is 36.3 Å². The monoisotopic (exact) mass is 401 g/mol. The molecule has 1 heterocycles. The number of aromatic nitrogens is 2. The van der Waals surface area contributed by atoms with Gasteiger partial charge in [-0.1, -0.05) is 15.9 Å². The van der Waals surface area contributed by atoms with Gasteiger partial charge in [-0.25, -0.2) is 13.5 Å². The van der Waals surface area contributed by atoms with Crippen LogP contribution < -0.4 is 0 Å². The highest BCUT2D eigenvalue weighted by atomic mass is 79.9. The molecule has 1 aromatic carbocycles. The molecule has 0 atom stereocenters. The lowest BCUT2D eigenvalue weighted by atomic mass is 10.2. The third kappa shape index (κ3) is 4.39. The zero-order chi connectivity index (χ0) is 17.7. The minimum Gasteiger partial charge on any atom is -0.383 e. The standard InChI is InChI=1S/C16H18BrF2N3O2/c1-11-14(16(23)21(7-8-24-2)10-15(18)19)9-20-22(11)13-5-3-12(17)4-6-13/h3-6,9,15H,7-8,10H2,1-2H3. The fourth-order valence-corrected chi connectivity index (χ4v) is 2.54. The van der Waals surface area contributed by atoms with Crippen molar-refractivity contribution < 1.29 is 18.3 Å². The lowest BCUT2D eigenvalue weighted by Gasteiger charge is -2.21. The maximum Gasteiger partial charge on any atom is 0.257 e. The Morgan fingerprint density at radius 1 is 1.38 bits per heavy atom. The Balaban J connectivity index is 2.27. The van der Waals surface area contributed by atoms with E-state index in [2.05, 4.69) is 21.0 Å². The number of carbonyl (C=O) groups excluding carboxylic acids is 1. The molecule has 0 aliphatic heterocycles.